The van der Waals surface area contributed by atoms with Crippen molar-refractivity contribution in [1.82, 2.24) is 0 Å². The van der Waals surface area contributed by atoms with Crippen LogP contribution in [0, 0.1) is 16.2 Å². The van der Waals surface area contributed by atoms with Crippen molar-refractivity contribution in [2.24, 2.45) is 16.2 Å². The summed E-state index contributed by atoms with van der Waals surface area (Å²) in [6, 6.07) is 0. The van der Waals surface area contributed by atoms with Crippen molar-refractivity contribution in [3.05, 3.63) is 0 Å². The van der Waals surface area contributed by atoms with Gasteiger partial charge in [0.15, 0.2) is 10.8 Å². The molecular weight excluding hydrogens is 348 g/mol. The molecule has 0 radical (unpaired) electrons. The number of hydrogen-bond acceptors (Lipinski definition) is 6. The van der Waals surface area contributed by atoms with E-state index in [0.29, 0.717) is 0 Å². The first kappa shape index (κ1) is 19.9. The summed E-state index contributed by atoms with van der Waals surface area (Å²) in [6.07, 6.45) is -2.94. The van der Waals surface area contributed by atoms with Crippen LogP contribution in [0.3, 0.4) is 0 Å². The van der Waals surface area contributed by atoms with E-state index in [1.807, 2.05) is 0 Å². The van der Waals surface area contributed by atoms with Crippen LogP contribution in [0.5, 0.6) is 0 Å². The molecule has 0 aromatic carbocycles. The van der Waals surface area contributed by atoms with Gasteiger partial charge in [0.2, 0.25) is 5.41 Å². The van der Waals surface area contributed by atoms with E-state index in [1.54, 1.807) is 0 Å². The summed E-state index contributed by atoms with van der Waals surface area (Å²) in [5, 5.41) is 56.7. The first-order chi connectivity index (χ1) is 11.4. The fourth-order valence-corrected chi connectivity index (χ4v) is 3.59. The Bertz CT molecular complexity index is 588. The Morgan fingerprint density at radius 1 is 0.480 bits per heavy atom. The van der Waals surface area contributed by atoms with E-state index < -0.39 is 77.7 Å². The summed E-state index contributed by atoms with van der Waals surface area (Å²) in [6.45, 7) is 0. The topological polar surface area (TPSA) is 224 Å². The summed E-state index contributed by atoms with van der Waals surface area (Å²) < 4.78 is 0. The Balaban J connectivity index is 4.31. The molecule has 0 unspecified atom stereocenters. The lowest BCUT2D eigenvalue weighted by Gasteiger charge is -2.45. The molecule has 1 rings (SSSR count). The standard InChI is InChI=1S/C13H14O12/c14-5(15)11(6(16)17)3-1-2-4-12(7(18)19,8(20)21)13(11,9(22)23)10(24)25/h1-4H2,(H,14,15)(H,16,17)(H,18,19)(H,20,21)(H,22,23)(H,24,25). The SMILES string of the molecule is O=C(O)C1(C(=O)O)CCCCC(C(=O)O)(C(=O)O)C1(C(=O)O)C(=O)O. The number of carboxylic acids is 6. The van der Waals surface area contributed by atoms with E-state index >= 15 is 0 Å². The van der Waals surface area contributed by atoms with Gasteiger partial charge in [-0.1, -0.05) is 12.8 Å². The quantitative estimate of drug-likeness (QED) is 0.248. The zero-order chi connectivity index (χ0) is 19.8. The van der Waals surface area contributed by atoms with Gasteiger partial charge in [-0.15, -0.1) is 0 Å². The van der Waals surface area contributed by atoms with Crippen LogP contribution in [0.1, 0.15) is 25.7 Å². The van der Waals surface area contributed by atoms with Crippen molar-refractivity contribution in [3.63, 3.8) is 0 Å². The molecule has 1 aliphatic carbocycles. The van der Waals surface area contributed by atoms with E-state index in [1.165, 1.54) is 0 Å². The molecule has 0 spiro atoms. The molecule has 0 atom stereocenters. The van der Waals surface area contributed by atoms with Gasteiger partial charge in [0.1, 0.15) is 0 Å². The van der Waals surface area contributed by atoms with Crippen LogP contribution in [-0.2, 0) is 28.8 Å². The molecular formula is C13H14O12. The van der Waals surface area contributed by atoms with E-state index in [0.717, 1.165) is 0 Å². The van der Waals surface area contributed by atoms with E-state index in [9.17, 15) is 59.4 Å². The average molecular weight is 362 g/mol. The lowest BCUT2D eigenvalue weighted by atomic mass is 9.49. The van der Waals surface area contributed by atoms with Crippen LogP contribution >= 0.6 is 0 Å². The minimum atomic E-state index is -4.19. The third-order valence-electron chi connectivity index (χ3n) is 4.74. The van der Waals surface area contributed by atoms with Gasteiger partial charge in [-0.05, 0) is 12.8 Å². The summed E-state index contributed by atoms with van der Waals surface area (Å²) in [4.78, 5) is 70.7. The first-order valence-corrected chi connectivity index (χ1v) is 6.77. The van der Waals surface area contributed by atoms with Gasteiger partial charge in [0.05, 0.1) is 0 Å². The number of rotatable bonds is 6. The second-order valence-corrected chi connectivity index (χ2v) is 5.60. The van der Waals surface area contributed by atoms with Crippen LogP contribution in [0.25, 0.3) is 0 Å². The predicted octanol–water partition coefficient (Wildman–Crippen LogP) is -0.973. The summed E-state index contributed by atoms with van der Waals surface area (Å²) in [5.74, 6) is -15.1. The van der Waals surface area contributed by atoms with Crippen molar-refractivity contribution in [3.8, 4) is 0 Å². The largest absolute Gasteiger partial charge is 0.480 e. The zero-order valence-electron chi connectivity index (χ0n) is 12.5. The second kappa shape index (κ2) is 6.03. The summed E-state index contributed by atoms with van der Waals surface area (Å²) in [7, 11) is 0. The van der Waals surface area contributed by atoms with Crippen molar-refractivity contribution < 1.29 is 59.4 Å². The van der Waals surface area contributed by atoms with Gasteiger partial charge in [-0.25, -0.2) is 0 Å². The number of aliphatic carboxylic acids is 6. The molecule has 25 heavy (non-hydrogen) atoms. The third kappa shape index (κ3) is 2.06. The van der Waals surface area contributed by atoms with Gasteiger partial charge in [0, 0.05) is 0 Å². The molecule has 0 saturated heterocycles. The number of carboxylic acid groups (broad SMARTS) is 6. The predicted molar refractivity (Wildman–Crippen MR) is 71.6 cm³/mol. The highest BCUT2D eigenvalue weighted by atomic mass is 16.4. The molecule has 12 heteroatoms. The van der Waals surface area contributed by atoms with Crippen molar-refractivity contribution >= 4 is 35.8 Å². The second-order valence-electron chi connectivity index (χ2n) is 5.60. The van der Waals surface area contributed by atoms with Crippen molar-refractivity contribution in [1.29, 1.82) is 0 Å². The highest BCUT2D eigenvalue weighted by molar-refractivity contribution is 6.20. The molecule has 0 bridgehead atoms. The molecule has 1 fully saturated rings. The number of carbonyl (C=O) groups is 6. The average Bonchev–Trinajstić information content (AvgIpc) is 2.62. The molecule has 0 aliphatic heterocycles. The fraction of sp³-hybridized carbons (Fsp3) is 0.538. The van der Waals surface area contributed by atoms with Crippen molar-refractivity contribution in [2.75, 3.05) is 0 Å². The summed E-state index contributed by atoms with van der Waals surface area (Å²) >= 11 is 0. The van der Waals surface area contributed by atoms with Gasteiger partial charge < -0.3 is 30.6 Å². The van der Waals surface area contributed by atoms with Gasteiger partial charge >= 0.3 is 35.8 Å². The Labute approximate surface area is 138 Å². The Kier molecular flexibility index (Phi) is 4.79. The first-order valence-electron chi connectivity index (χ1n) is 6.77. The molecule has 138 valence electrons. The maximum atomic E-state index is 11.9. The van der Waals surface area contributed by atoms with Crippen LogP contribution < -0.4 is 0 Å². The molecule has 0 amide bonds. The van der Waals surface area contributed by atoms with Gasteiger partial charge in [-0.3, -0.25) is 28.8 Å². The van der Waals surface area contributed by atoms with E-state index in [4.69, 9.17) is 0 Å². The maximum absolute atomic E-state index is 11.9. The van der Waals surface area contributed by atoms with Gasteiger partial charge in [0.25, 0.3) is 0 Å². The monoisotopic (exact) mass is 362 g/mol. The summed E-state index contributed by atoms with van der Waals surface area (Å²) in [5.41, 5.74) is -11.6. The molecule has 1 aliphatic rings. The molecule has 0 aromatic rings. The lowest BCUT2D eigenvalue weighted by Crippen LogP contribution is -2.71. The molecule has 6 N–H and O–H groups in total. The third-order valence-corrected chi connectivity index (χ3v) is 4.74. The Hall–Kier alpha value is -3.18. The highest BCUT2D eigenvalue weighted by Gasteiger charge is 2.84. The minimum Gasteiger partial charge on any atom is -0.480 e. The maximum Gasteiger partial charge on any atom is 0.324 e. The Morgan fingerprint density at radius 2 is 0.720 bits per heavy atom. The zero-order valence-corrected chi connectivity index (χ0v) is 12.5. The Morgan fingerprint density at radius 3 is 0.880 bits per heavy atom. The molecule has 0 aromatic heterocycles. The van der Waals surface area contributed by atoms with Gasteiger partial charge in [-0.2, -0.15) is 0 Å². The van der Waals surface area contributed by atoms with Crippen LogP contribution in [-0.4, -0.2) is 66.5 Å². The molecule has 12 nitrogen and oxygen atoms in total. The highest BCUT2D eigenvalue weighted by Crippen LogP contribution is 2.60. The normalized spacial score (nSPS) is 20.6. The van der Waals surface area contributed by atoms with E-state index in [-0.39, 0.29) is 0 Å². The smallest absolute Gasteiger partial charge is 0.324 e. The number of hydrogen-bond donors (Lipinski definition) is 6. The minimum absolute atomic E-state index is 0.400. The lowest BCUT2D eigenvalue weighted by molar-refractivity contribution is -0.217. The van der Waals surface area contributed by atoms with Crippen LogP contribution in [0.2, 0.25) is 0 Å². The molecule has 1 saturated carbocycles. The van der Waals surface area contributed by atoms with Crippen LogP contribution in [0.15, 0.2) is 0 Å². The van der Waals surface area contributed by atoms with Crippen molar-refractivity contribution in [2.45, 2.75) is 25.7 Å². The fourth-order valence-electron chi connectivity index (χ4n) is 3.59. The van der Waals surface area contributed by atoms with Crippen LogP contribution in [0.4, 0.5) is 0 Å². The molecule has 0 heterocycles. The van der Waals surface area contributed by atoms with E-state index in [2.05, 4.69) is 0 Å².